The molecule has 0 N–H and O–H groups in total. The van der Waals surface area contributed by atoms with Gasteiger partial charge in [-0.3, -0.25) is 4.90 Å². The molecule has 1 unspecified atom stereocenters. The van der Waals surface area contributed by atoms with Crippen LogP contribution in [-0.4, -0.2) is 17.7 Å². The number of hydrogen-bond donors (Lipinski definition) is 0. The summed E-state index contributed by atoms with van der Waals surface area (Å²) in [6.07, 6.45) is 1.10. The van der Waals surface area contributed by atoms with E-state index in [1.807, 2.05) is 0 Å². The molecule has 0 fully saturated rings. The van der Waals surface area contributed by atoms with Gasteiger partial charge in [-0.1, -0.05) is 55.1 Å². The van der Waals surface area contributed by atoms with Gasteiger partial charge in [-0.2, -0.15) is 0 Å². The Bertz CT molecular complexity index is 691. The van der Waals surface area contributed by atoms with Gasteiger partial charge in [0, 0.05) is 13.1 Å². The van der Waals surface area contributed by atoms with Crippen LogP contribution in [0.3, 0.4) is 0 Å². The Hall–Kier alpha value is -1.90. The predicted octanol–water partition coefficient (Wildman–Crippen LogP) is 3.61. The highest BCUT2D eigenvalue weighted by atomic mass is 16.5. The summed E-state index contributed by atoms with van der Waals surface area (Å²) in [4.78, 5) is 2.40. The van der Waals surface area contributed by atoms with Crippen molar-refractivity contribution in [2.24, 2.45) is 0 Å². The standard InChI is InChI=1S/C19H19NO/c1-14-18-9-5-4-8-17(18)13-21-19(14)20-11-10-15-6-2-3-7-16(15)12-20/h2-9,19H,1,10-13H2. The first-order valence-electron chi connectivity index (χ1n) is 7.52. The van der Waals surface area contributed by atoms with E-state index >= 15 is 0 Å². The summed E-state index contributed by atoms with van der Waals surface area (Å²) in [7, 11) is 0. The molecule has 4 rings (SSSR count). The summed E-state index contributed by atoms with van der Waals surface area (Å²) in [6, 6.07) is 17.1. The molecule has 2 aliphatic heterocycles. The summed E-state index contributed by atoms with van der Waals surface area (Å²) in [5, 5.41) is 0. The highest BCUT2D eigenvalue weighted by Gasteiger charge is 2.30. The monoisotopic (exact) mass is 277 g/mol. The van der Waals surface area contributed by atoms with Crippen LogP contribution in [-0.2, 0) is 24.3 Å². The van der Waals surface area contributed by atoms with Gasteiger partial charge in [0.05, 0.1) is 6.61 Å². The quantitative estimate of drug-likeness (QED) is 0.789. The van der Waals surface area contributed by atoms with Crippen LogP contribution in [0.25, 0.3) is 5.57 Å². The van der Waals surface area contributed by atoms with Crippen LogP contribution < -0.4 is 0 Å². The third kappa shape index (κ3) is 2.21. The van der Waals surface area contributed by atoms with Crippen molar-refractivity contribution >= 4 is 5.57 Å². The van der Waals surface area contributed by atoms with E-state index in [4.69, 9.17) is 4.74 Å². The minimum Gasteiger partial charge on any atom is -0.354 e. The molecule has 2 aromatic rings. The Morgan fingerprint density at radius 1 is 0.952 bits per heavy atom. The van der Waals surface area contributed by atoms with E-state index in [0.29, 0.717) is 6.61 Å². The van der Waals surface area contributed by atoms with Crippen molar-refractivity contribution < 1.29 is 4.74 Å². The number of ether oxygens (including phenoxy) is 1. The largest absolute Gasteiger partial charge is 0.354 e. The third-order valence-corrected chi connectivity index (χ3v) is 4.55. The van der Waals surface area contributed by atoms with Gasteiger partial charge < -0.3 is 4.74 Å². The highest BCUT2D eigenvalue weighted by Crippen LogP contribution is 2.33. The average Bonchev–Trinajstić information content (AvgIpc) is 2.55. The van der Waals surface area contributed by atoms with E-state index in [9.17, 15) is 0 Å². The normalized spacial score (nSPS) is 21.7. The SMILES string of the molecule is C=C1c2ccccc2COC1N1CCc2ccccc2C1. The number of benzene rings is 2. The van der Waals surface area contributed by atoms with Crippen molar-refractivity contribution in [1.82, 2.24) is 4.90 Å². The molecule has 0 amide bonds. The zero-order chi connectivity index (χ0) is 14.2. The Morgan fingerprint density at radius 3 is 2.52 bits per heavy atom. The van der Waals surface area contributed by atoms with E-state index in [1.165, 1.54) is 22.3 Å². The Morgan fingerprint density at radius 2 is 1.67 bits per heavy atom. The fourth-order valence-electron chi connectivity index (χ4n) is 3.41. The highest BCUT2D eigenvalue weighted by molar-refractivity contribution is 5.70. The van der Waals surface area contributed by atoms with Crippen molar-refractivity contribution in [2.75, 3.05) is 6.54 Å². The number of nitrogens with zero attached hydrogens (tertiary/aromatic N) is 1. The van der Waals surface area contributed by atoms with Crippen LogP contribution in [0.5, 0.6) is 0 Å². The third-order valence-electron chi connectivity index (χ3n) is 4.55. The second kappa shape index (κ2) is 5.14. The van der Waals surface area contributed by atoms with Gasteiger partial charge in [0.25, 0.3) is 0 Å². The lowest BCUT2D eigenvalue weighted by molar-refractivity contribution is -0.0423. The van der Waals surface area contributed by atoms with Gasteiger partial charge in [0.15, 0.2) is 0 Å². The minimum atomic E-state index is 0.00764. The van der Waals surface area contributed by atoms with Gasteiger partial charge in [-0.05, 0) is 34.2 Å². The van der Waals surface area contributed by atoms with Crippen molar-refractivity contribution in [1.29, 1.82) is 0 Å². The topological polar surface area (TPSA) is 12.5 Å². The molecular formula is C19H19NO. The van der Waals surface area contributed by atoms with Gasteiger partial charge in [0.1, 0.15) is 6.23 Å². The van der Waals surface area contributed by atoms with Crippen LogP contribution in [0, 0.1) is 0 Å². The molecule has 0 saturated carbocycles. The van der Waals surface area contributed by atoms with Crippen LogP contribution >= 0.6 is 0 Å². The number of rotatable bonds is 1. The Balaban J connectivity index is 1.60. The molecule has 0 aliphatic carbocycles. The molecule has 2 heteroatoms. The predicted molar refractivity (Wildman–Crippen MR) is 84.6 cm³/mol. The summed E-state index contributed by atoms with van der Waals surface area (Å²) in [5.41, 5.74) is 6.48. The molecular weight excluding hydrogens is 258 g/mol. The van der Waals surface area contributed by atoms with E-state index in [0.717, 1.165) is 25.1 Å². The number of fused-ring (bicyclic) bond motifs is 2. The second-order valence-corrected chi connectivity index (χ2v) is 5.83. The maximum absolute atomic E-state index is 6.10. The summed E-state index contributed by atoms with van der Waals surface area (Å²) >= 11 is 0. The zero-order valence-electron chi connectivity index (χ0n) is 12.1. The smallest absolute Gasteiger partial charge is 0.137 e. The maximum Gasteiger partial charge on any atom is 0.137 e. The molecule has 0 bridgehead atoms. The van der Waals surface area contributed by atoms with Gasteiger partial charge >= 0.3 is 0 Å². The Kier molecular flexibility index (Phi) is 3.13. The summed E-state index contributed by atoms with van der Waals surface area (Å²) in [5.74, 6) is 0. The molecule has 2 nitrogen and oxygen atoms in total. The maximum atomic E-state index is 6.10. The summed E-state index contributed by atoms with van der Waals surface area (Å²) in [6.45, 7) is 6.96. The molecule has 106 valence electrons. The lowest BCUT2D eigenvalue weighted by Crippen LogP contribution is -2.42. The first-order chi connectivity index (χ1) is 10.3. The molecule has 2 heterocycles. The average molecular weight is 277 g/mol. The molecule has 0 aromatic heterocycles. The van der Waals surface area contributed by atoms with Gasteiger partial charge in [-0.15, -0.1) is 0 Å². The van der Waals surface area contributed by atoms with E-state index in [2.05, 4.69) is 60.0 Å². The fraction of sp³-hybridized carbons (Fsp3) is 0.263. The lowest BCUT2D eigenvalue weighted by atomic mass is 9.94. The van der Waals surface area contributed by atoms with Crippen molar-refractivity contribution in [3.63, 3.8) is 0 Å². The second-order valence-electron chi connectivity index (χ2n) is 5.83. The van der Waals surface area contributed by atoms with Gasteiger partial charge in [0.2, 0.25) is 0 Å². The summed E-state index contributed by atoms with van der Waals surface area (Å²) < 4.78 is 6.10. The molecule has 1 atom stereocenters. The fourth-order valence-corrected chi connectivity index (χ4v) is 3.41. The van der Waals surface area contributed by atoms with Crippen molar-refractivity contribution in [3.8, 4) is 0 Å². The van der Waals surface area contributed by atoms with Crippen LogP contribution in [0.1, 0.15) is 22.3 Å². The van der Waals surface area contributed by atoms with Crippen LogP contribution in [0.2, 0.25) is 0 Å². The Labute approximate surface area is 125 Å². The molecule has 0 spiro atoms. The minimum absolute atomic E-state index is 0.00764. The van der Waals surface area contributed by atoms with Crippen molar-refractivity contribution in [2.45, 2.75) is 25.8 Å². The molecule has 2 aliphatic rings. The molecule has 2 aromatic carbocycles. The van der Waals surface area contributed by atoms with Crippen molar-refractivity contribution in [3.05, 3.63) is 77.4 Å². The lowest BCUT2D eigenvalue weighted by Gasteiger charge is -2.39. The number of hydrogen-bond acceptors (Lipinski definition) is 2. The first-order valence-corrected chi connectivity index (χ1v) is 7.52. The molecule has 0 saturated heterocycles. The molecule has 0 radical (unpaired) electrons. The van der Waals surface area contributed by atoms with Crippen LogP contribution in [0.4, 0.5) is 0 Å². The van der Waals surface area contributed by atoms with E-state index in [-0.39, 0.29) is 6.23 Å². The van der Waals surface area contributed by atoms with E-state index < -0.39 is 0 Å². The van der Waals surface area contributed by atoms with Gasteiger partial charge in [-0.25, -0.2) is 0 Å². The van der Waals surface area contributed by atoms with Crippen LogP contribution in [0.15, 0.2) is 55.1 Å². The molecule has 21 heavy (non-hydrogen) atoms. The first kappa shape index (κ1) is 12.8. The zero-order valence-corrected chi connectivity index (χ0v) is 12.1. The van der Waals surface area contributed by atoms with E-state index in [1.54, 1.807) is 0 Å².